The molecular formula is C17H12N2O2. The maximum atomic E-state index is 11.0. The van der Waals surface area contributed by atoms with Crippen LogP contribution in [0.25, 0.3) is 0 Å². The van der Waals surface area contributed by atoms with E-state index in [2.05, 4.69) is 17.6 Å². The van der Waals surface area contributed by atoms with Gasteiger partial charge in [-0.15, -0.1) is 0 Å². The number of hydrogen-bond acceptors (Lipinski definition) is 4. The SMILES string of the molecule is C=CC(=O)Oc1ccc(N=Cc2ccc(C#N)cc2)cc1. The van der Waals surface area contributed by atoms with E-state index in [1.165, 1.54) is 0 Å². The van der Waals surface area contributed by atoms with Crippen molar-refractivity contribution in [3.8, 4) is 11.8 Å². The van der Waals surface area contributed by atoms with Crippen molar-refractivity contribution in [3.63, 3.8) is 0 Å². The summed E-state index contributed by atoms with van der Waals surface area (Å²) in [5, 5.41) is 8.72. The van der Waals surface area contributed by atoms with Crippen molar-refractivity contribution in [3.05, 3.63) is 72.3 Å². The van der Waals surface area contributed by atoms with Crippen molar-refractivity contribution in [2.75, 3.05) is 0 Å². The molecule has 0 aliphatic carbocycles. The number of esters is 1. The molecule has 0 aromatic heterocycles. The largest absolute Gasteiger partial charge is 0.423 e. The molecule has 102 valence electrons. The van der Waals surface area contributed by atoms with E-state index in [-0.39, 0.29) is 0 Å². The molecule has 0 bridgehead atoms. The third kappa shape index (κ3) is 4.15. The molecule has 0 saturated carbocycles. The summed E-state index contributed by atoms with van der Waals surface area (Å²) in [5.41, 5.74) is 2.24. The lowest BCUT2D eigenvalue weighted by Gasteiger charge is -2.01. The smallest absolute Gasteiger partial charge is 0.335 e. The van der Waals surface area contributed by atoms with Crippen LogP contribution in [0.5, 0.6) is 5.75 Å². The molecule has 0 amide bonds. The Bertz CT molecular complexity index is 708. The highest BCUT2D eigenvalue weighted by atomic mass is 16.5. The molecule has 0 unspecified atom stereocenters. The molecule has 0 heterocycles. The fourth-order valence-corrected chi connectivity index (χ4v) is 1.55. The fourth-order valence-electron chi connectivity index (χ4n) is 1.55. The molecule has 0 spiro atoms. The van der Waals surface area contributed by atoms with E-state index in [4.69, 9.17) is 10.00 Å². The van der Waals surface area contributed by atoms with Crippen LogP contribution in [0.4, 0.5) is 5.69 Å². The number of ether oxygens (including phenoxy) is 1. The first-order valence-electron chi connectivity index (χ1n) is 6.20. The monoisotopic (exact) mass is 276 g/mol. The van der Waals surface area contributed by atoms with E-state index in [1.54, 1.807) is 42.6 Å². The number of nitriles is 1. The van der Waals surface area contributed by atoms with E-state index in [9.17, 15) is 4.79 Å². The van der Waals surface area contributed by atoms with Crippen molar-refractivity contribution >= 4 is 17.9 Å². The Hall–Kier alpha value is -3.19. The van der Waals surface area contributed by atoms with Crippen LogP contribution >= 0.6 is 0 Å². The zero-order valence-corrected chi connectivity index (χ0v) is 11.2. The first-order chi connectivity index (χ1) is 10.2. The zero-order valence-electron chi connectivity index (χ0n) is 11.2. The van der Waals surface area contributed by atoms with Gasteiger partial charge in [-0.2, -0.15) is 5.26 Å². The molecule has 4 nitrogen and oxygen atoms in total. The molecule has 0 aliphatic rings. The van der Waals surface area contributed by atoms with E-state index in [1.807, 2.05) is 12.1 Å². The van der Waals surface area contributed by atoms with Gasteiger partial charge in [0.05, 0.1) is 17.3 Å². The van der Waals surface area contributed by atoms with E-state index >= 15 is 0 Å². The van der Waals surface area contributed by atoms with E-state index in [0.717, 1.165) is 17.3 Å². The quantitative estimate of drug-likeness (QED) is 0.372. The van der Waals surface area contributed by atoms with Gasteiger partial charge in [0.2, 0.25) is 0 Å². The first kappa shape index (κ1) is 14.2. The lowest BCUT2D eigenvalue weighted by atomic mass is 10.2. The molecular weight excluding hydrogens is 264 g/mol. The number of rotatable bonds is 4. The van der Waals surface area contributed by atoms with Gasteiger partial charge in [0.1, 0.15) is 5.75 Å². The van der Waals surface area contributed by atoms with Gasteiger partial charge in [-0.3, -0.25) is 4.99 Å². The summed E-state index contributed by atoms with van der Waals surface area (Å²) >= 11 is 0. The fraction of sp³-hybridized carbons (Fsp3) is 0. The standard InChI is InChI=1S/C17H12N2O2/c1-2-17(20)21-16-9-7-15(8-10-16)19-12-14-5-3-13(11-18)4-6-14/h2-10,12H,1H2. The predicted octanol–water partition coefficient (Wildman–Crippen LogP) is 3.40. The molecule has 21 heavy (non-hydrogen) atoms. The van der Waals surface area contributed by atoms with E-state index in [0.29, 0.717) is 11.3 Å². The summed E-state index contributed by atoms with van der Waals surface area (Å²) in [4.78, 5) is 15.3. The van der Waals surface area contributed by atoms with Gasteiger partial charge in [-0.25, -0.2) is 4.79 Å². The number of carbonyl (C=O) groups is 1. The number of benzene rings is 2. The average molecular weight is 276 g/mol. The Kier molecular flexibility index (Phi) is 4.62. The molecule has 2 rings (SSSR count). The summed E-state index contributed by atoms with van der Waals surface area (Å²) in [6.45, 7) is 3.33. The van der Waals surface area contributed by atoms with Crippen LogP contribution in [-0.4, -0.2) is 12.2 Å². The van der Waals surface area contributed by atoms with E-state index < -0.39 is 5.97 Å². The maximum absolute atomic E-state index is 11.0. The van der Waals surface area contributed by atoms with Crippen molar-refractivity contribution < 1.29 is 9.53 Å². The van der Waals surface area contributed by atoms with Gasteiger partial charge < -0.3 is 4.74 Å². The number of hydrogen-bond donors (Lipinski definition) is 0. The molecule has 0 saturated heterocycles. The van der Waals surface area contributed by atoms with Gasteiger partial charge >= 0.3 is 5.97 Å². The molecule has 2 aromatic rings. The zero-order chi connectivity index (χ0) is 15.1. The summed E-state index contributed by atoms with van der Waals surface area (Å²) in [5.74, 6) is -0.0546. The third-order valence-electron chi connectivity index (χ3n) is 2.62. The molecule has 0 fully saturated rings. The average Bonchev–Trinajstić information content (AvgIpc) is 2.54. The third-order valence-corrected chi connectivity index (χ3v) is 2.62. The van der Waals surface area contributed by atoms with Crippen LogP contribution in [-0.2, 0) is 4.79 Å². The highest BCUT2D eigenvalue weighted by Crippen LogP contribution is 2.18. The minimum absolute atomic E-state index is 0.442. The highest BCUT2D eigenvalue weighted by molar-refractivity contribution is 5.84. The second-order valence-electron chi connectivity index (χ2n) is 4.11. The summed E-state index contributed by atoms with van der Waals surface area (Å²) in [6.07, 6.45) is 2.81. The second-order valence-corrected chi connectivity index (χ2v) is 4.11. The topological polar surface area (TPSA) is 62.4 Å². The number of aliphatic imine (C=N–C) groups is 1. The van der Waals surface area contributed by atoms with Crippen LogP contribution in [0.15, 0.2) is 66.2 Å². The molecule has 4 heteroatoms. The van der Waals surface area contributed by atoms with Gasteiger partial charge in [-0.05, 0) is 42.0 Å². The Balaban J connectivity index is 2.05. The normalized spacial score (nSPS) is 10.0. The van der Waals surface area contributed by atoms with Crippen LogP contribution < -0.4 is 4.74 Å². The Morgan fingerprint density at radius 2 is 1.81 bits per heavy atom. The minimum atomic E-state index is -0.496. The van der Waals surface area contributed by atoms with Gasteiger partial charge in [0.25, 0.3) is 0 Å². The van der Waals surface area contributed by atoms with Gasteiger partial charge in [0.15, 0.2) is 0 Å². The Morgan fingerprint density at radius 3 is 2.38 bits per heavy atom. The lowest BCUT2D eigenvalue weighted by molar-refractivity contribution is -0.128. The van der Waals surface area contributed by atoms with Crippen LogP contribution in [0.3, 0.4) is 0 Å². The summed E-state index contributed by atoms with van der Waals surface area (Å²) in [7, 11) is 0. The maximum Gasteiger partial charge on any atom is 0.335 e. The van der Waals surface area contributed by atoms with Crippen LogP contribution in [0.1, 0.15) is 11.1 Å². The Morgan fingerprint density at radius 1 is 1.14 bits per heavy atom. The second kappa shape index (κ2) is 6.83. The predicted molar refractivity (Wildman–Crippen MR) is 80.7 cm³/mol. The van der Waals surface area contributed by atoms with Gasteiger partial charge in [-0.1, -0.05) is 18.7 Å². The Labute approximate surface area is 122 Å². The molecule has 0 N–H and O–H groups in total. The van der Waals surface area contributed by atoms with Crippen LogP contribution in [0.2, 0.25) is 0 Å². The van der Waals surface area contributed by atoms with Crippen molar-refractivity contribution in [2.45, 2.75) is 0 Å². The van der Waals surface area contributed by atoms with Crippen molar-refractivity contribution in [1.82, 2.24) is 0 Å². The highest BCUT2D eigenvalue weighted by Gasteiger charge is 1.99. The summed E-state index contributed by atoms with van der Waals surface area (Å²) in [6, 6.07) is 16.0. The first-order valence-corrected chi connectivity index (χ1v) is 6.20. The molecule has 0 radical (unpaired) electrons. The van der Waals surface area contributed by atoms with Gasteiger partial charge in [0, 0.05) is 12.3 Å². The number of carbonyl (C=O) groups excluding carboxylic acids is 1. The minimum Gasteiger partial charge on any atom is -0.423 e. The molecule has 2 aromatic carbocycles. The molecule has 0 atom stereocenters. The summed E-state index contributed by atoms with van der Waals surface area (Å²) < 4.78 is 4.97. The van der Waals surface area contributed by atoms with Crippen molar-refractivity contribution in [2.24, 2.45) is 4.99 Å². The van der Waals surface area contributed by atoms with Crippen molar-refractivity contribution in [1.29, 1.82) is 5.26 Å². The molecule has 0 aliphatic heterocycles. The number of nitrogens with zero attached hydrogens (tertiary/aromatic N) is 2. The van der Waals surface area contributed by atoms with Crippen LogP contribution in [0, 0.1) is 11.3 Å². The lowest BCUT2D eigenvalue weighted by Crippen LogP contribution is -2.02.